The van der Waals surface area contributed by atoms with Crippen molar-refractivity contribution in [1.82, 2.24) is 4.90 Å². The fraction of sp³-hybridized carbons (Fsp3) is 0.500. The van der Waals surface area contributed by atoms with Gasteiger partial charge >= 0.3 is 5.97 Å². The molecule has 0 spiro atoms. The Kier molecular flexibility index (Phi) is 6.11. The minimum atomic E-state index is -0.993. The van der Waals surface area contributed by atoms with Gasteiger partial charge in [0.05, 0.1) is 0 Å². The average molecular weight is 183 g/mol. The van der Waals surface area contributed by atoms with E-state index in [1.165, 1.54) is 7.05 Å². The first-order valence-corrected chi connectivity index (χ1v) is 2.31. The van der Waals surface area contributed by atoms with E-state index in [1.807, 2.05) is 0 Å². The Morgan fingerprint density at radius 3 is 2.30 bits per heavy atom. The molecular weight excluding hydrogens is 174 g/mol. The minimum absolute atomic E-state index is 0. The predicted molar refractivity (Wildman–Crippen MR) is 32.2 cm³/mol. The molecule has 0 aliphatic heterocycles. The van der Waals surface area contributed by atoms with Gasteiger partial charge in [-0.1, -0.05) is 0 Å². The second kappa shape index (κ2) is 5.09. The number of rotatable bonds is 2. The molecule has 0 heterocycles. The summed E-state index contributed by atoms with van der Waals surface area (Å²) in [5.41, 5.74) is 4.93. The van der Waals surface area contributed by atoms with Crippen LogP contribution in [0.4, 0.5) is 0 Å². The van der Waals surface area contributed by atoms with Crippen molar-refractivity contribution < 1.29 is 27.3 Å². The van der Waals surface area contributed by atoms with E-state index >= 15 is 0 Å². The molecule has 0 atom stereocenters. The smallest absolute Gasteiger partial charge is 0.323 e. The Hall–Kier alpha value is -0.728. The number of likely N-dealkylation sites (N-methyl/N-ethyl adjacent to an activating group) is 1. The van der Waals surface area contributed by atoms with E-state index in [-0.39, 0.29) is 29.9 Å². The molecule has 0 rings (SSSR count). The third-order valence-electron chi connectivity index (χ3n) is 0.784. The maximum absolute atomic E-state index is 9.92. The summed E-state index contributed by atoms with van der Waals surface area (Å²) >= 11 is 0. The van der Waals surface area contributed by atoms with Crippen LogP contribution < -0.4 is 5.73 Å². The molecule has 0 unspecified atom stereocenters. The van der Waals surface area contributed by atoms with E-state index in [9.17, 15) is 4.79 Å². The molecule has 5 nitrogen and oxygen atoms in total. The molecule has 0 aromatic rings. The molecular formula is C4H9CrN3O2. The SMILES string of the molecule is CN(CC(=O)O)C(=N)N.[Cr]. The second-order valence-electron chi connectivity index (χ2n) is 1.64. The van der Waals surface area contributed by atoms with Crippen molar-refractivity contribution in [2.75, 3.05) is 13.6 Å². The molecule has 58 valence electrons. The summed E-state index contributed by atoms with van der Waals surface area (Å²) in [6.45, 7) is -0.227. The summed E-state index contributed by atoms with van der Waals surface area (Å²) in [5, 5.41) is 14.9. The monoisotopic (exact) mass is 183 g/mol. The summed E-state index contributed by atoms with van der Waals surface area (Å²) in [6, 6.07) is 0. The van der Waals surface area contributed by atoms with Gasteiger partial charge in [-0.2, -0.15) is 0 Å². The normalized spacial score (nSPS) is 7.70. The molecule has 0 bridgehead atoms. The van der Waals surface area contributed by atoms with Gasteiger partial charge in [-0.15, -0.1) is 0 Å². The first-order chi connectivity index (χ1) is 4.04. The Bertz CT molecular complexity index is 138. The van der Waals surface area contributed by atoms with Gasteiger partial charge in [-0.05, 0) is 0 Å². The van der Waals surface area contributed by atoms with Crippen LogP contribution in [-0.2, 0) is 22.2 Å². The molecule has 4 N–H and O–H groups in total. The summed E-state index contributed by atoms with van der Waals surface area (Å²) in [4.78, 5) is 11.0. The van der Waals surface area contributed by atoms with Crippen LogP contribution in [0.15, 0.2) is 0 Å². The maximum atomic E-state index is 9.92. The van der Waals surface area contributed by atoms with Crippen LogP contribution in [0.1, 0.15) is 0 Å². The van der Waals surface area contributed by atoms with Gasteiger partial charge in [0.25, 0.3) is 0 Å². The van der Waals surface area contributed by atoms with Crippen molar-refractivity contribution in [2.45, 2.75) is 0 Å². The Labute approximate surface area is 69.4 Å². The van der Waals surface area contributed by atoms with E-state index in [0.29, 0.717) is 0 Å². The number of carboxylic acids is 1. The molecule has 0 amide bonds. The molecule has 6 heteroatoms. The van der Waals surface area contributed by atoms with Gasteiger partial charge < -0.3 is 15.7 Å². The maximum Gasteiger partial charge on any atom is 0.323 e. The van der Waals surface area contributed by atoms with E-state index in [0.717, 1.165) is 4.90 Å². The summed E-state index contributed by atoms with van der Waals surface area (Å²) < 4.78 is 0. The molecule has 0 radical (unpaired) electrons. The summed E-state index contributed by atoms with van der Waals surface area (Å²) in [6.07, 6.45) is 0. The number of carboxylic acid groups (broad SMARTS) is 1. The summed E-state index contributed by atoms with van der Waals surface area (Å²) in [5.74, 6) is -1.23. The van der Waals surface area contributed by atoms with Gasteiger partial charge in [-0.3, -0.25) is 10.2 Å². The third-order valence-corrected chi connectivity index (χ3v) is 0.784. The average Bonchev–Trinajstić information content (AvgIpc) is 1.63. The molecule has 0 saturated carbocycles. The van der Waals surface area contributed by atoms with Crippen LogP contribution in [0.3, 0.4) is 0 Å². The van der Waals surface area contributed by atoms with E-state index < -0.39 is 5.97 Å². The topological polar surface area (TPSA) is 90.4 Å². The fourth-order valence-electron chi connectivity index (χ4n) is 0.288. The van der Waals surface area contributed by atoms with Crippen molar-refractivity contribution >= 4 is 11.9 Å². The Balaban J connectivity index is 0. The number of nitrogens with zero attached hydrogens (tertiary/aromatic N) is 1. The molecule has 0 aromatic heterocycles. The van der Waals surface area contributed by atoms with Crippen LogP contribution in [0.5, 0.6) is 0 Å². The van der Waals surface area contributed by atoms with Gasteiger partial charge in [0.15, 0.2) is 5.96 Å². The number of nitrogens with two attached hydrogens (primary N) is 1. The van der Waals surface area contributed by atoms with Crippen molar-refractivity contribution in [1.29, 1.82) is 5.41 Å². The minimum Gasteiger partial charge on any atom is -0.480 e. The molecule has 0 aliphatic rings. The number of aliphatic carboxylic acids is 1. The van der Waals surface area contributed by atoms with Crippen LogP contribution in [0.2, 0.25) is 0 Å². The number of nitrogens with one attached hydrogen (secondary N) is 1. The van der Waals surface area contributed by atoms with Crippen molar-refractivity contribution in [3.05, 3.63) is 0 Å². The number of hydrogen-bond acceptors (Lipinski definition) is 2. The first-order valence-electron chi connectivity index (χ1n) is 2.31. The number of carbonyl (C=O) groups is 1. The van der Waals surface area contributed by atoms with E-state index in [4.69, 9.17) is 16.2 Å². The van der Waals surface area contributed by atoms with Gasteiger partial charge in [0.1, 0.15) is 6.54 Å². The van der Waals surface area contributed by atoms with Crippen LogP contribution in [-0.4, -0.2) is 35.5 Å². The standard InChI is InChI=1S/C4H9N3O2.Cr/c1-7(4(5)6)2-3(8)9;/h2H2,1H3,(H3,5,6)(H,8,9);. The van der Waals surface area contributed by atoms with Crippen molar-refractivity contribution in [3.63, 3.8) is 0 Å². The predicted octanol–water partition coefficient (Wildman–Crippen LogP) is -1.11. The number of hydrogen-bond donors (Lipinski definition) is 3. The quantitative estimate of drug-likeness (QED) is 0.374. The largest absolute Gasteiger partial charge is 0.480 e. The van der Waals surface area contributed by atoms with Crippen molar-refractivity contribution in [3.8, 4) is 0 Å². The number of guanidine groups is 1. The second-order valence-corrected chi connectivity index (χ2v) is 1.64. The Morgan fingerprint density at radius 1 is 1.80 bits per heavy atom. The van der Waals surface area contributed by atoms with Gasteiger partial charge in [0, 0.05) is 24.4 Å². The zero-order valence-corrected chi connectivity index (χ0v) is 6.77. The van der Waals surface area contributed by atoms with E-state index in [1.54, 1.807) is 0 Å². The van der Waals surface area contributed by atoms with Crippen LogP contribution >= 0.6 is 0 Å². The van der Waals surface area contributed by atoms with Crippen LogP contribution in [0.25, 0.3) is 0 Å². The summed E-state index contributed by atoms with van der Waals surface area (Å²) in [7, 11) is 1.44. The van der Waals surface area contributed by atoms with Gasteiger partial charge in [-0.25, -0.2) is 0 Å². The van der Waals surface area contributed by atoms with E-state index in [2.05, 4.69) is 0 Å². The molecule has 0 aromatic carbocycles. The zero-order chi connectivity index (χ0) is 7.44. The molecule has 10 heavy (non-hydrogen) atoms. The molecule has 0 fully saturated rings. The van der Waals surface area contributed by atoms with Gasteiger partial charge in [0.2, 0.25) is 0 Å². The fourth-order valence-corrected chi connectivity index (χ4v) is 0.288. The molecule has 0 aliphatic carbocycles. The Morgan fingerprint density at radius 2 is 2.20 bits per heavy atom. The molecule has 0 saturated heterocycles. The first kappa shape index (κ1) is 12.0. The zero-order valence-electron chi connectivity index (χ0n) is 5.50. The van der Waals surface area contributed by atoms with Crippen LogP contribution in [0, 0.1) is 5.41 Å². The third kappa shape index (κ3) is 5.41. The van der Waals surface area contributed by atoms with Crippen molar-refractivity contribution in [2.24, 2.45) is 5.73 Å².